The van der Waals surface area contributed by atoms with Gasteiger partial charge in [-0.15, -0.1) is 0 Å². The molecular weight excluding hydrogens is 304 g/mol. The maximum absolute atomic E-state index is 6.77. The fourth-order valence-corrected chi connectivity index (χ4v) is 5.96. The fourth-order valence-electron chi connectivity index (χ4n) is 5.96. The van der Waals surface area contributed by atoms with Gasteiger partial charge in [0, 0.05) is 5.41 Å². The van der Waals surface area contributed by atoms with Crippen molar-refractivity contribution in [3.63, 3.8) is 0 Å². The van der Waals surface area contributed by atoms with E-state index in [1.807, 2.05) is 0 Å². The van der Waals surface area contributed by atoms with Gasteiger partial charge in [0.25, 0.3) is 0 Å². The monoisotopic (exact) mass is 330 g/mol. The summed E-state index contributed by atoms with van der Waals surface area (Å²) in [6.45, 7) is 9.09. The van der Waals surface area contributed by atoms with Crippen LogP contribution in [0.25, 0.3) is 16.8 Å². The topological polar surface area (TPSA) is 9.23 Å². The van der Waals surface area contributed by atoms with Crippen molar-refractivity contribution < 1.29 is 4.74 Å². The predicted molar refractivity (Wildman–Crippen MR) is 105 cm³/mol. The van der Waals surface area contributed by atoms with E-state index in [1.54, 1.807) is 0 Å². The molecule has 5 rings (SSSR count). The Morgan fingerprint density at radius 2 is 1.72 bits per heavy atom. The van der Waals surface area contributed by atoms with Crippen LogP contribution in [0.1, 0.15) is 58.1 Å². The van der Waals surface area contributed by atoms with Crippen molar-refractivity contribution in [1.82, 2.24) is 0 Å². The third-order valence-corrected chi connectivity index (χ3v) is 6.88. The highest BCUT2D eigenvalue weighted by molar-refractivity contribution is 5.94. The second-order valence-electron chi connectivity index (χ2n) is 8.86. The molecule has 1 heterocycles. The average Bonchev–Trinajstić information content (AvgIpc) is 2.58. The van der Waals surface area contributed by atoms with Crippen LogP contribution in [0.5, 0.6) is 0 Å². The Morgan fingerprint density at radius 3 is 2.56 bits per heavy atom. The Labute approximate surface area is 150 Å². The first-order valence-corrected chi connectivity index (χ1v) is 9.51. The van der Waals surface area contributed by atoms with Crippen molar-refractivity contribution in [3.05, 3.63) is 64.7 Å². The first-order valence-electron chi connectivity index (χ1n) is 9.51. The lowest BCUT2D eigenvalue weighted by Gasteiger charge is -2.60. The Morgan fingerprint density at radius 1 is 0.920 bits per heavy atom. The van der Waals surface area contributed by atoms with Crippen LogP contribution in [-0.2, 0) is 10.2 Å². The Kier molecular flexibility index (Phi) is 2.86. The molecule has 1 nitrogen and oxygen atoms in total. The molecule has 2 aromatic rings. The van der Waals surface area contributed by atoms with E-state index in [-0.39, 0.29) is 16.6 Å². The molecule has 0 saturated heterocycles. The standard InChI is InChI=1S/C24H26O/c1-22(2)20-10-7-15-24(23(3,4)25-22)19-13-11-16-8-5-6-9-17(16)18(19)12-14-21(20)24/h5-6,8-9,11-14H,7,10,15H2,1-4H3. The number of ether oxygens (including phenoxy) is 1. The van der Waals surface area contributed by atoms with Crippen LogP contribution < -0.4 is 0 Å². The number of hydrogen-bond acceptors (Lipinski definition) is 1. The Balaban J connectivity index is 1.91. The molecule has 128 valence electrons. The van der Waals surface area contributed by atoms with E-state index in [2.05, 4.69) is 76.2 Å². The van der Waals surface area contributed by atoms with Gasteiger partial charge in [-0.25, -0.2) is 0 Å². The van der Waals surface area contributed by atoms with Gasteiger partial charge in [-0.2, -0.15) is 0 Å². The van der Waals surface area contributed by atoms with Crippen LogP contribution in [0.15, 0.2) is 53.6 Å². The lowest BCUT2D eigenvalue weighted by atomic mass is 9.52. The molecule has 2 aliphatic carbocycles. The maximum Gasteiger partial charge on any atom is 0.0849 e. The van der Waals surface area contributed by atoms with Crippen LogP contribution in [0.4, 0.5) is 0 Å². The third-order valence-electron chi connectivity index (χ3n) is 6.88. The highest BCUT2D eigenvalue weighted by Crippen LogP contribution is 2.61. The maximum atomic E-state index is 6.77. The van der Waals surface area contributed by atoms with Gasteiger partial charge in [-0.05, 0) is 80.0 Å². The molecular formula is C24H26O. The molecule has 1 unspecified atom stereocenters. The highest BCUT2D eigenvalue weighted by Gasteiger charge is 2.59. The molecule has 2 aromatic carbocycles. The van der Waals surface area contributed by atoms with Gasteiger partial charge in [-0.1, -0.05) is 48.6 Å². The van der Waals surface area contributed by atoms with E-state index in [9.17, 15) is 0 Å². The summed E-state index contributed by atoms with van der Waals surface area (Å²) in [6.07, 6.45) is 8.34. The van der Waals surface area contributed by atoms with Gasteiger partial charge in [0.15, 0.2) is 0 Å². The quantitative estimate of drug-likeness (QED) is 0.561. The van der Waals surface area contributed by atoms with Crippen molar-refractivity contribution in [3.8, 4) is 0 Å². The van der Waals surface area contributed by atoms with Crippen molar-refractivity contribution in [1.29, 1.82) is 0 Å². The second-order valence-corrected chi connectivity index (χ2v) is 8.86. The van der Waals surface area contributed by atoms with Crippen LogP contribution in [-0.4, -0.2) is 11.2 Å². The molecule has 0 radical (unpaired) electrons. The lowest BCUT2D eigenvalue weighted by molar-refractivity contribution is -0.158. The minimum Gasteiger partial charge on any atom is -0.364 e. The minimum absolute atomic E-state index is 0.0236. The summed E-state index contributed by atoms with van der Waals surface area (Å²) in [5.41, 5.74) is 5.46. The molecule has 1 atom stereocenters. The first-order chi connectivity index (χ1) is 11.9. The zero-order valence-electron chi connectivity index (χ0n) is 15.6. The lowest BCUT2D eigenvalue weighted by Crippen LogP contribution is -2.61. The number of benzene rings is 2. The Bertz CT molecular complexity index is 957. The molecule has 0 amide bonds. The summed E-state index contributed by atoms with van der Waals surface area (Å²) in [5.74, 6) is 0. The normalized spacial score (nSPS) is 28.6. The largest absolute Gasteiger partial charge is 0.364 e. The van der Waals surface area contributed by atoms with Gasteiger partial charge in [0.2, 0.25) is 0 Å². The van der Waals surface area contributed by atoms with Gasteiger partial charge in [0.05, 0.1) is 11.2 Å². The summed E-state index contributed by atoms with van der Waals surface area (Å²) < 4.78 is 6.77. The van der Waals surface area contributed by atoms with E-state index < -0.39 is 0 Å². The van der Waals surface area contributed by atoms with Gasteiger partial charge in [0.1, 0.15) is 0 Å². The van der Waals surface area contributed by atoms with Crippen LogP contribution >= 0.6 is 0 Å². The number of hydrogen-bond donors (Lipinski definition) is 0. The summed E-state index contributed by atoms with van der Waals surface area (Å²) in [5, 5.41) is 2.68. The molecule has 0 spiro atoms. The van der Waals surface area contributed by atoms with Gasteiger partial charge >= 0.3 is 0 Å². The SMILES string of the molecule is CC1(C)OC(C)(C)C23CCCC1=C2C=Cc1c3ccc2ccccc12. The summed E-state index contributed by atoms with van der Waals surface area (Å²) >= 11 is 0. The molecule has 0 fully saturated rings. The predicted octanol–water partition coefficient (Wildman–Crippen LogP) is 6.17. The smallest absolute Gasteiger partial charge is 0.0849 e. The Hall–Kier alpha value is -1.86. The molecule has 0 saturated carbocycles. The number of allylic oxidation sites excluding steroid dienone is 1. The third kappa shape index (κ3) is 1.77. The zero-order chi connectivity index (χ0) is 17.4. The van der Waals surface area contributed by atoms with Crippen molar-refractivity contribution in [2.45, 2.75) is 63.6 Å². The van der Waals surface area contributed by atoms with E-state index in [4.69, 9.17) is 4.74 Å². The molecule has 3 aliphatic rings. The highest BCUT2D eigenvalue weighted by atomic mass is 16.5. The number of fused-ring (bicyclic) bond motifs is 3. The van der Waals surface area contributed by atoms with E-state index in [0.717, 1.165) is 6.42 Å². The van der Waals surface area contributed by atoms with Crippen LogP contribution in [0, 0.1) is 0 Å². The molecule has 0 N–H and O–H groups in total. The minimum atomic E-state index is -0.224. The van der Waals surface area contributed by atoms with Crippen molar-refractivity contribution in [2.24, 2.45) is 0 Å². The van der Waals surface area contributed by atoms with Gasteiger partial charge < -0.3 is 4.74 Å². The summed E-state index contributed by atoms with van der Waals surface area (Å²) in [7, 11) is 0. The van der Waals surface area contributed by atoms with Gasteiger partial charge in [-0.3, -0.25) is 0 Å². The summed E-state index contributed by atoms with van der Waals surface area (Å²) in [6, 6.07) is 13.4. The average molecular weight is 330 g/mol. The molecule has 1 heteroatoms. The molecule has 0 aromatic heterocycles. The van der Waals surface area contributed by atoms with E-state index >= 15 is 0 Å². The van der Waals surface area contributed by atoms with E-state index in [0.29, 0.717) is 0 Å². The van der Waals surface area contributed by atoms with Crippen LogP contribution in [0.2, 0.25) is 0 Å². The van der Waals surface area contributed by atoms with Crippen molar-refractivity contribution in [2.75, 3.05) is 0 Å². The number of rotatable bonds is 0. The van der Waals surface area contributed by atoms with Crippen molar-refractivity contribution >= 4 is 16.8 Å². The first kappa shape index (κ1) is 15.4. The molecule has 1 aliphatic heterocycles. The fraction of sp³-hybridized carbons (Fsp3) is 0.417. The summed E-state index contributed by atoms with van der Waals surface area (Å²) in [4.78, 5) is 0. The molecule has 2 bridgehead atoms. The molecule has 25 heavy (non-hydrogen) atoms. The second kappa shape index (κ2) is 4.65. The zero-order valence-corrected chi connectivity index (χ0v) is 15.6. The van der Waals surface area contributed by atoms with E-state index in [1.165, 1.54) is 45.9 Å². The van der Waals surface area contributed by atoms with Crippen LogP contribution in [0.3, 0.4) is 0 Å².